The second kappa shape index (κ2) is 6.23. The summed E-state index contributed by atoms with van der Waals surface area (Å²) in [6.45, 7) is 4.11. The highest BCUT2D eigenvalue weighted by Crippen LogP contribution is 2.38. The van der Waals surface area contributed by atoms with Crippen LogP contribution in [0.25, 0.3) is 5.57 Å². The van der Waals surface area contributed by atoms with Gasteiger partial charge in [-0.3, -0.25) is 4.79 Å². The largest absolute Gasteiger partial charge is 0.382 e. The van der Waals surface area contributed by atoms with Gasteiger partial charge in [-0.1, -0.05) is 31.8 Å². The molecule has 1 saturated carbocycles. The Hall–Kier alpha value is -1.64. The Morgan fingerprint density at radius 1 is 1.18 bits per heavy atom. The third-order valence-corrected chi connectivity index (χ3v) is 5.12. The van der Waals surface area contributed by atoms with Crippen molar-refractivity contribution in [2.24, 2.45) is 5.92 Å². The summed E-state index contributed by atoms with van der Waals surface area (Å²) in [5, 5.41) is 3.50. The van der Waals surface area contributed by atoms with E-state index in [0.29, 0.717) is 12.5 Å². The van der Waals surface area contributed by atoms with E-state index < -0.39 is 0 Å². The van der Waals surface area contributed by atoms with Crippen molar-refractivity contribution in [3.8, 4) is 0 Å². The molecule has 2 aliphatic carbocycles. The molecule has 0 spiro atoms. The highest BCUT2D eigenvalue weighted by atomic mass is 19.1. The molecule has 2 nitrogen and oxygen atoms in total. The zero-order valence-electron chi connectivity index (χ0n) is 13.4. The molecule has 3 rings (SSSR count). The quantitative estimate of drug-likeness (QED) is 0.855. The Balaban J connectivity index is 1.96. The van der Waals surface area contributed by atoms with Gasteiger partial charge in [-0.05, 0) is 43.9 Å². The number of halogens is 1. The van der Waals surface area contributed by atoms with Gasteiger partial charge in [0, 0.05) is 29.3 Å². The van der Waals surface area contributed by atoms with Crippen LogP contribution in [0, 0.1) is 11.7 Å². The van der Waals surface area contributed by atoms with Gasteiger partial charge in [0.1, 0.15) is 5.82 Å². The van der Waals surface area contributed by atoms with Crippen LogP contribution in [0.15, 0.2) is 23.8 Å². The van der Waals surface area contributed by atoms with Gasteiger partial charge in [0.05, 0.1) is 0 Å². The van der Waals surface area contributed by atoms with Crippen molar-refractivity contribution in [2.75, 3.05) is 5.32 Å². The van der Waals surface area contributed by atoms with E-state index in [1.165, 1.54) is 25.3 Å². The first-order chi connectivity index (χ1) is 10.6. The fourth-order valence-corrected chi connectivity index (χ4v) is 3.68. The maximum atomic E-state index is 13.7. The Labute approximate surface area is 131 Å². The molecule has 1 aromatic rings. The van der Waals surface area contributed by atoms with Gasteiger partial charge in [0.15, 0.2) is 5.78 Å². The fraction of sp³-hybridized carbons (Fsp3) is 0.526. The van der Waals surface area contributed by atoms with Crippen molar-refractivity contribution in [1.29, 1.82) is 0 Å². The monoisotopic (exact) mass is 301 g/mol. The summed E-state index contributed by atoms with van der Waals surface area (Å²) >= 11 is 0. The number of anilines is 1. The standard InChI is InChI=1S/C19H24FNO/c1-12-10-18(22)19(13(12)2)16-9-8-14(20)11-17(16)21-15-6-4-3-5-7-15/h8-9,11-12,15,21H,3-7,10H2,1-2H3. The Kier molecular flexibility index (Phi) is 4.32. The van der Waals surface area contributed by atoms with Crippen LogP contribution in [0.5, 0.6) is 0 Å². The maximum Gasteiger partial charge on any atom is 0.164 e. The number of carbonyl (C=O) groups excluding carboxylic acids is 1. The van der Waals surface area contributed by atoms with Crippen molar-refractivity contribution < 1.29 is 9.18 Å². The van der Waals surface area contributed by atoms with Gasteiger partial charge >= 0.3 is 0 Å². The molecule has 1 aromatic carbocycles. The van der Waals surface area contributed by atoms with Crippen LogP contribution < -0.4 is 5.32 Å². The number of hydrogen-bond donors (Lipinski definition) is 1. The summed E-state index contributed by atoms with van der Waals surface area (Å²) in [7, 11) is 0. The lowest BCUT2D eigenvalue weighted by Gasteiger charge is -2.25. The van der Waals surface area contributed by atoms with Crippen molar-refractivity contribution in [2.45, 2.75) is 58.4 Å². The first-order valence-corrected chi connectivity index (χ1v) is 8.36. The van der Waals surface area contributed by atoms with E-state index in [1.807, 2.05) is 6.92 Å². The van der Waals surface area contributed by atoms with Crippen molar-refractivity contribution >= 4 is 17.0 Å². The van der Waals surface area contributed by atoms with E-state index in [0.717, 1.165) is 35.2 Å². The van der Waals surface area contributed by atoms with Crippen molar-refractivity contribution in [3.05, 3.63) is 35.2 Å². The first-order valence-electron chi connectivity index (χ1n) is 8.36. The predicted molar refractivity (Wildman–Crippen MR) is 88.3 cm³/mol. The smallest absolute Gasteiger partial charge is 0.164 e. The van der Waals surface area contributed by atoms with E-state index >= 15 is 0 Å². The SMILES string of the molecule is CC1=C(c2ccc(F)cc2NC2CCCCC2)C(=O)CC1C. The molecule has 3 heteroatoms. The molecule has 1 unspecified atom stereocenters. The zero-order chi connectivity index (χ0) is 15.7. The number of benzene rings is 1. The second-order valence-corrected chi connectivity index (χ2v) is 6.76. The average molecular weight is 301 g/mol. The summed E-state index contributed by atoms with van der Waals surface area (Å²) in [6.07, 6.45) is 6.55. The van der Waals surface area contributed by atoms with Crippen LogP contribution in [-0.4, -0.2) is 11.8 Å². The molecule has 22 heavy (non-hydrogen) atoms. The first kappa shape index (κ1) is 15.3. The molecule has 0 aromatic heterocycles. The molecular formula is C19H24FNO. The van der Waals surface area contributed by atoms with Crippen molar-refractivity contribution in [3.63, 3.8) is 0 Å². The topological polar surface area (TPSA) is 29.1 Å². The lowest BCUT2D eigenvalue weighted by atomic mass is 9.93. The van der Waals surface area contributed by atoms with Crippen LogP contribution >= 0.6 is 0 Å². The molecule has 118 valence electrons. The van der Waals surface area contributed by atoms with Gasteiger partial charge in [-0.25, -0.2) is 4.39 Å². The summed E-state index contributed by atoms with van der Waals surface area (Å²) < 4.78 is 13.7. The molecule has 0 radical (unpaired) electrons. The lowest BCUT2D eigenvalue weighted by Crippen LogP contribution is -2.23. The predicted octanol–water partition coefficient (Wildman–Crippen LogP) is 4.95. The Bertz CT molecular complexity index is 614. The lowest BCUT2D eigenvalue weighted by molar-refractivity contribution is -0.113. The second-order valence-electron chi connectivity index (χ2n) is 6.76. The Morgan fingerprint density at radius 3 is 2.55 bits per heavy atom. The van der Waals surface area contributed by atoms with Gasteiger partial charge in [-0.2, -0.15) is 0 Å². The summed E-state index contributed by atoms with van der Waals surface area (Å²) in [4.78, 5) is 12.3. The van der Waals surface area contributed by atoms with Gasteiger partial charge < -0.3 is 5.32 Å². The van der Waals surface area contributed by atoms with E-state index in [-0.39, 0.29) is 17.5 Å². The third-order valence-electron chi connectivity index (χ3n) is 5.12. The highest BCUT2D eigenvalue weighted by molar-refractivity contribution is 6.25. The molecule has 0 bridgehead atoms. The molecular weight excluding hydrogens is 277 g/mol. The van der Waals surface area contributed by atoms with Crippen LogP contribution in [-0.2, 0) is 4.79 Å². The number of Topliss-reactive ketones (excluding diaryl/α,β-unsaturated/α-hetero) is 1. The number of nitrogens with one attached hydrogen (secondary N) is 1. The van der Waals surface area contributed by atoms with Gasteiger partial charge in [-0.15, -0.1) is 0 Å². The van der Waals surface area contributed by atoms with Crippen LogP contribution in [0.3, 0.4) is 0 Å². The summed E-state index contributed by atoms with van der Waals surface area (Å²) in [5.41, 5.74) is 3.58. The minimum Gasteiger partial charge on any atom is -0.382 e. The number of carbonyl (C=O) groups is 1. The number of allylic oxidation sites excluding steroid dienone is 2. The van der Waals surface area contributed by atoms with Gasteiger partial charge in [0.25, 0.3) is 0 Å². The number of rotatable bonds is 3. The molecule has 1 atom stereocenters. The molecule has 0 amide bonds. The van der Waals surface area contributed by atoms with Crippen molar-refractivity contribution in [1.82, 2.24) is 0 Å². The molecule has 2 aliphatic rings. The van der Waals surface area contributed by atoms with E-state index in [9.17, 15) is 9.18 Å². The minimum atomic E-state index is -0.251. The normalized spacial score (nSPS) is 23.2. The average Bonchev–Trinajstić information content (AvgIpc) is 2.74. The summed E-state index contributed by atoms with van der Waals surface area (Å²) in [6, 6.07) is 5.15. The summed E-state index contributed by atoms with van der Waals surface area (Å²) in [5.74, 6) is 0.220. The Morgan fingerprint density at radius 2 is 1.91 bits per heavy atom. The van der Waals surface area contributed by atoms with Gasteiger partial charge in [0.2, 0.25) is 0 Å². The maximum absolute atomic E-state index is 13.7. The zero-order valence-corrected chi connectivity index (χ0v) is 13.4. The van der Waals surface area contributed by atoms with Crippen LogP contribution in [0.1, 0.15) is 57.9 Å². The minimum absolute atomic E-state index is 0.184. The van der Waals surface area contributed by atoms with E-state index in [4.69, 9.17) is 0 Å². The fourth-order valence-electron chi connectivity index (χ4n) is 3.68. The molecule has 0 heterocycles. The van der Waals surface area contributed by atoms with Crippen LogP contribution in [0.4, 0.5) is 10.1 Å². The molecule has 1 fully saturated rings. The highest BCUT2D eigenvalue weighted by Gasteiger charge is 2.29. The number of hydrogen-bond acceptors (Lipinski definition) is 2. The molecule has 0 saturated heterocycles. The van der Waals surface area contributed by atoms with E-state index in [1.54, 1.807) is 12.1 Å². The third kappa shape index (κ3) is 2.94. The van der Waals surface area contributed by atoms with E-state index in [2.05, 4.69) is 12.2 Å². The molecule has 0 aliphatic heterocycles. The number of ketones is 1. The van der Waals surface area contributed by atoms with Crippen LogP contribution in [0.2, 0.25) is 0 Å². The molecule has 1 N–H and O–H groups in total.